The average Bonchev–Trinajstić information content (AvgIpc) is 3.48. The van der Waals surface area contributed by atoms with Crippen LogP contribution in [0.3, 0.4) is 0 Å². The van der Waals surface area contributed by atoms with Gasteiger partial charge in [0.25, 0.3) is 0 Å². The van der Waals surface area contributed by atoms with Crippen molar-refractivity contribution in [2.24, 2.45) is 0 Å². The lowest BCUT2D eigenvalue weighted by atomic mass is 9.95. The first-order chi connectivity index (χ1) is 13.7. The molecule has 4 aromatic rings. The normalized spacial score (nSPS) is 14.5. The van der Waals surface area contributed by atoms with Crippen molar-refractivity contribution in [3.63, 3.8) is 0 Å². The van der Waals surface area contributed by atoms with Gasteiger partial charge in [-0.05, 0) is 26.7 Å². The van der Waals surface area contributed by atoms with Crippen molar-refractivity contribution in [2.45, 2.75) is 26.7 Å². The average molecular weight is 431 g/mol. The van der Waals surface area contributed by atoms with Crippen LogP contribution in [0, 0.1) is 13.8 Å². The maximum atomic E-state index is 5.28. The number of fused-ring (bicyclic) bond motifs is 4. The number of hydrogen-bond donors (Lipinski definition) is 4. The molecule has 12 heteroatoms. The van der Waals surface area contributed by atoms with Crippen LogP contribution in [0.5, 0.6) is 0 Å². The third-order valence-corrected chi connectivity index (χ3v) is 7.02. The molecule has 4 N–H and O–H groups in total. The van der Waals surface area contributed by atoms with Crippen LogP contribution in [-0.2, 0) is 17.8 Å². The molecule has 0 spiro atoms. The maximum absolute atomic E-state index is 5.28. The van der Waals surface area contributed by atoms with E-state index in [0.29, 0.717) is 0 Å². The van der Waals surface area contributed by atoms with Gasteiger partial charge in [-0.25, -0.2) is 11.0 Å². The van der Waals surface area contributed by atoms with E-state index in [-0.39, 0.29) is 0 Å². The standard InChI is InChI=1S/C16H14N8OS3/c1-5-9-13(18-25-17-9)7(14-10(5)19-26-22-14)3-4-8-15-11(20-27-23-15)6(2)12-16(8)24-28-21-12/h17-18,20,23H,3-4H2,1-2H3. The Hall–Kier alpha value is -2.41. The maximum Gasteiger partial charge on any atom is 0.110 e. The molecule has 0 radical (unpaired) electrons. The Morgan fingerprint density at radius 2 is 1.21 bits per heavy atom. The predicted molar refractivity (Wildman–Crippen MR) is 115 cm³/mol. The Bertz CT molecular complexity index is 1170. The summed E-state index contributed by atoms with van der Waals surface area (Å²) in [7, 11) is 0. The van der Waals surface area contributed by atoms with E-state index in [1.165, 1.54) is 41.2 Å². The zero-order valence-electron chi connectivity index (χ0n) is 14.8. The van der Waals surface area contributed by atoms with Crippen LogP contribution in [0.1, 0.15) is 22.3 Å². The summed E-state index contributed by atoms with van der Waals surface area (Å²) in [6.45, 7) is 4.11. The predicted octanol–water partition coefficient (Wildman–Crippen LogP) is 4.18. The molecule has 28 heavy (non-hydrogen) atoms. The number of hydrogen-bond acceptors (Lipinski definition) is 12. The van der Waals surface area contributed by atoms with Crippen LogP contribution >= 0.6 is 35.6 Å². The molecular weight excluding hydrogens is 416 g/mol. The molecular formula is C16H14N8OS3. The Labute approximate surface area is 172 Å². The van der Waals surface area contributed by atoms with E-state index >= 15 is 0 Å². The van der Waals surface area contributed by atoms with E-state index in [1.807, 2.05) is 6.92 Å². The molecule has 0 aliphatic carbocycles. The molecule has 2 aromatic heterocycles. The molecule has 4 heterocycles. The van der Waals surface area contributed by atoms with Gasteiger partial charge in [0, 0.05) is 22.3 Å². The number of anilines is 4. The number of nitrogens with zero attached hydrogens (tertiary/aromatic N) is 4. The molecule has 2 aromatic carbocycles. The zero-order chi connectivity index (χ0) is 18.8. The van der Waals surface area contributed by atoms with Gasteiger partial charge in [0.1, 0.15) is 22.1 Å². The number of aromatic nitrogens is 4. The lowest BCUT2D eigenvalue weighted by molar-refractivity contribution is 0.282. The highest BCUT2D eigenvalue weighted by Crippen LogP contribution is 2.45. The SMILES string of the molecule is Cc1c2c(c(CCc3c4c(c(C)c5nsnc35)NSN4)c3nsnc13)NON2. The summed E-state index contributed by atoms with van der Waals surface area (Å²) < 4.78 is 24.9. The topological polar surface area (TPSA) is 109 Å². The third-order valence-electron chi connectivity index (χ3n) is 5.35. The molecule has 6 rings (SSSR count). The summed E-state index contributed by atoms with van der Waals surface area (Å²) in [6.07, 6.45) is 1.57. The fourth-order valence-corrected chi connectivity index (χ4v) is 5.87. The molecule has 2 aliphatic rings. The summed E-state index contributed by atoms with van der Waals surface area (Å²) in [5.41, 5.74) is 18.2. The van der Waals surface area contributed by atoms with Gasteiger partial charge in [-0.15, -0.1) is 0 Å². The van der Waals surface area contributed by atoms with Crippen LogP contribution < -0.4 is 20.4 Å². The van der Waals surface area contributed by atoms with Gasteiger partial charge in [-0.3, -0.25) is 0 Å². The Kier molecular flexibility index (Phi) is 3.57. The molecule has 0 saturated heterocycles. The quantitative estimate of drug-likeness (QED) is 0.353. The first kappa shape index (κ1) is 16.5. The minimum atomic E-state index is 0.775. The van der Waals surface area contributed by atoms with Gasteiger partial charge in [0.2, 0.25) is 0 Å². The van der Waals surface area contributed by atoms with E-state index < -0.39 is 0 Å². The molecule has 2 aliphatic heterocycles. The van der Waals surface area contributed by atoms with Crippen molar-refractivity contribution >= 4 is 80.4 Å². The smallest absolute Gasteiger partial charge is 0.110 e. The van der Waals surface area contributed by atoms with E-state index in [9.17, 15) is 0 Å². The molecule has 0 saturated carbocycles. The molecule has 9 nitrogen and oxygen atoms in total. The summed E-state index contributed by atoms with van der Waals surface area (Å²) in [4.78, 5) is 5.28. The van der Waals surface area contributed by atoms with Crippen LogP contribution in [-0.4, -0.2) is 17.5 Å². The summed E-state index contributed by atoms with van der Waals surface area (Å²) >= 11 is 3.97. The number of benzene rings is 2. The second kappa shape index (κ2) is 6.04. The van der Waals surface area contributed by atoms with E-state index in [1.54, 1.807) is 0 Å². The molecule has 142 valence electrons. The van der Waals surface area contributed by atoms with Crippen molar-refractivity contribution in [3.05, 3.63) is 22.3 Å². The zero-order valence-corrected chi connectivity index (χ0v) is 17.3. The lowest BCUT2D eigenvalue weighted by Crippen LogP contribution is -2.01. The summed E-state index contributed by atoms with van der Waals surface area (Å²) in [5, 5.41) is 0. The van der Waals surface area contributed by atoms with E-state index in [2.05, 4.69) is 44.8 Å². The Morgan fingerprint density at radius 1 is 0.679 bits per heavy atom. The highest BCUT2D eigenvalue weighted by molar-refractivity contribution is 8.02. The van der Waals surface area contributed by atoms with Crippen molar-refractivity contribution in [3.8, 4) is 0 Å². The highest BCUT2D eigenvalue weighted by Gasteiger charge is 2.27. The molecule has 0 unspecified atom stereocenters. The van der Waals surface area contributed by atoms with Crippen LogP contribution in [0.15, 0.2) is 0 Å². The van der Waals surface area contributed by atoms with Crippen LogP contribution in [0.25, 0.3) is 22.1 Å². The van der Waals surface area contributed by atoms with Gasteiger partial charge in [0.15, 0.2) is 0 Å². The second-order valence-corrected chi connectivity index (χ2v) is 8.41. The van der Waals surface area contributed by atoms with Crippen molar-refractivity contribution in [1.29, 1.82) is 0 Å². The fourth-order valence-electron chi connectivity index (χ4n) is 3.89. The first-order valence-electron chi connectivity index (χ1n) is 8.65. The first-order valence-corrected chi connectivity index (χ1v) is 10.9. The molecule has 0 bridgehead atoms. The van der Waals surface area contributed by atoms with Crippen LogP contribution in [0.4, 0.5) is 22.7 Å². The Morgan fingerprint density at radius 3 is 1.93 bits per heavy atom. The fraction of sp³-hybridized carbons (Fsp3) is 0.250. The van der Waals surface area contributed by atoms with Gasteiger partial charge in [0.05, 0.1) is 58.3 Å². The molecule has 0 amide bonds. The summed E-state index contributed by atoms with van der Waals surface area (Å²) in [6, 6.07) is 0. The number of aryl methyl sites for hydroxylation is 4. The lowest BCUT2D eigenvalue weighted by Gasteiger charge is -2.13. The second-order valence-electron chi connectivity index (χ2n) is 6.74. The monoisotopic (exact) mass is 430 g/mol. The Balaban J connectivity index is 1.49. The van der Waals surface area contributed by atoms with Gasteiger partial charge in [-0.2, -0.15) is 22.4 Å². The molecule has 0 fully saturated rings. The van der Waals surface area contributed by atoms with Gasteiger partial charge < -0.3 is 9.44 Å². The highest BCUT2D eigenvalue weighted by atomic mass is 32.2. The minimum absolute atomic E-state index is 0.775. The van der Waals surface area contributed by atoms with Crippen molar-refractivity contribution < 1.29 is 4.94 Å². The van der Waals surface area contributed by atoms with Gasteiger partial charge in [-0.1, -0.05) is 0 Å². The summed E-state index contributed by atoms with van der Waals surface area (Å²) in [5.74, 6) is 0. The molecule has 0 atom stereocenters. The van der Waals surface area contributed by atoms with E-state index in [4.69, 9.17) is 4.94 Å². The van der Waals surface area contributed by atoms with Crippen molar-refractivity contribution in [1.82, 2.24) is 17.5 Å². The van der Waals surface area contributed by atoms with Crippen molar-refractivity contribution in [2.75, 3.05) is 20.4 Å². The minimum Gasteiger partial charge on any atom is -0.310 e. The van der Waals surface area contributed by atoms with Gasteiger partial charge >= 0.3 is 0 Å². The third kappa shape index (κ3) is 2.16. The largest absolute Gasteiger partial charge is 0.310 e. The van der Waals surface area contributed by atoms with E-state index in [0.717, 1.165) is 74.3 Å². The number of rotatable bonds is 3. The van der Waals surface area contributed by atoms with Crippen LogP contribution in [0.2, 0.25) is 0 Å². The number of nitrogens with one attached hydrogen (secondary N) is 4.